The van der Waals surface area contributed by atoms with Gasteiger partial charge in [-0.15, -0.1) is 0 Å². The maximum Gasteiger partial charge on any atom is 0.371 e. The number of carboxylic acid groups (broad SMARTS) is 1. The maximum absolute atomic E-state index is 10.7. The lowest BCUT2D eigenvalue weighted by Gasteiger charge is -2.01. The molecule has 106 valence electrons. The molecule has 4 nitrogen and oxygen atoms in total. The number of carbonyl (C=O) groups is 1. The number of ether oxygens (including phenoxy) is 1. The third kappa shape index (κ3) is 4.02. The van der Waals surface area contributed by atoms with Crippen LogP contribution < -0.4 is 4.74 Å². The van der Waals surface area contributed by atoms with Gasteiger partial charge in [-0.25, -0.2) is 4.79 Å². The Balaban J connectivity index is 0.000000741. The topological polar surface area (TPSA) is 59.7 Å². The maximum atomic E-state index is 10.7. The highest BCUT2D eigenvalue weighted by atomic mass is 16.5. The van der Waals surface area contributed by atoms with Crippen LogP contribution in [0.3, 0.4) is 0 Å². The molecule has 0 fully saturated rings. The van der Waals surface area contributed by atoms with Crippen molar-refractivity contribution in [3.8, 4) is 5.75 Å². The molecule has 0 aliphatic carbocycles. The zero-order chi connectivity index (χ0) is 15.0. The van der Waals surface area contributed by atoms with Gasteiger partial charge in [-0.05, 0) is 30.7 Å². The third-order valence-corrected chi connectivity index (χ3v) is 2.16. The third-order valence-electron chi connectivity index (χ3n) is 2.16. The number of methoxy groups -OCH3 is 1. The molecule has 19 heavy (non-hydrogen) atoms. The molecule has 0 bridgehead atoms. The molecule has 1 N–H and O–H groups in total. The molecule has 0 unspecified atom stereocenters. The Labute approximate surface area is 114 Å². The lowest BCUT2D eigenvalue weighted by molar-refractivity contribution is 0.0665. The summed E-state index contributed by atoms with van der Waals surface area (Å²) < 4.78 is 10.3. The molecule has 0 saturated heterocycles. The van der Waals surface area contributed by atoms with Gasteiger partial charge in [-0.2, -0.15) is 0 Å². The Kier molecular flexibility index (Phi) is 7.34. The summed E-state index contributed by atoms with van der Waals surface area (Å²) in [5.41, 5.74) is 1.47. The van der Waals surface area contributed by atoms with Gasteiger partial charge in [0.2, 0.25) is 5.76 Å². The molecule has 0 amide bonds. The van der Waals surface area contributed by atoms with Crippen LogP contribution >= 0.6 is 0 Å². The van der Waals surface area contributed by atoms with Crippen LogP contribution in [-0.4, -0.2) is 18.2 Å². The van der Waals surface area contributed by atoms with Crippen LogP contribution in [0.15, 0.2) is 22.6 Å². The highest BCUT2D eigenvalue weighted by Crippen LogP contribution is 2.30. The van der Waals surface area contributed by atoms with E-state index in [0.29, 0.717) is 11.3 Å². The van der Waals surface area contributed by atoms with E-state index in [0.717, 1.165) is 10.9 Å². The highest BCUT2D eigenvalue weighted by molar-refractivity contribution is 5.93. The lowest BCUT2D eigenvalue weighted by Crippen LogP contribution is -1.91. The number of aromatic carboxylic acids is 1. The van der Waals surface area contributed by atoms with E-state index >= 15 is 0 Å². The fraction of sp³-hybridized carbons (Fsp3) is 0.400. The molecule has 0 radical (unpaired) electrons. The van der Waals surface area contributed by atoms with Gasteiger partial charge in [-0.3, -0.25) is 0 Å². The summed E-state index contributed by atoms with van der Waals surface area (Å²) in [6, 6.07) is 5.15. The van der Waals surface area contributed by atoms with Crippen molar-refractivity contribution in [1.82, 2.24) is 0 Å². The fourth-order valence-electron chi connectivity index (χ4n) is 1.52. The van der Waals surface area contributed by atoms with E-state index in [-0.39, 0.29) is 5.76 Å². The van der Waals surface area contributed by atoms with Gasteiger partial charge in [0.25, 0.3) is 0 Å². The number of benzene rings is 1. The fourth-order valence-corrected chi connectivity index (χ4v) is 1.52. The number of rotatable bonds is 2. The Morgan fingerprint density at radius 1 is 1.16 bits per heavy atom. The second-order valence-electron chi connectivity index (χ2n) is 3.30. The Morgan fingerprint density at radius 3 is 2.21 bits per heavy atom. The van der Waals surface area contributed by atoms with E-state index in [1.54, 1.807) is 6.07 Å². The minimum absolute atomic E-state index is 0.0751. The van der Waals surface area contributed by atoms with Crippen LogP contribution in [0.4, 0.5) is 0 Å². The SMILES string of the molecule is CC.CC.COc1cc(C)cc2cc(C(=O)O)oc12. The predicted molar refractivity (Wildman–Crippen MR) is 77.2 cm³/mol. The number of aryl methyl sites for hydroxylation is 1. The smallest absolute Gasteiger partial charge is 0.371 e. The van der Waals surface area contributed by atoms with E-state index in [2.05, 4.69) is 0 Å². The Hall–Kier alpha value is -1.97. The Morgan fingerprint density at radius 2 is 1.74 bits per heavy atom. The molecule has 4 heteroatoms. The first-order valence-corrected chi connectivity index (χ1v) is 6.43. The van der Waals surface area contributed by atoms with E-state index in [9.17, 15) is 4.79 Å². The summed E-state index contributed by atoms with van der Waals surface area (Å²) in [5.74, 6) is -0.600. The van der Waals surface area contributed by atoms with Crippen molar-refractivity contribution < 1.29 is 19.1 Å². The summed E-state index contributed by atoms with van der Waals surface area (Å²) in [6.45, 7) is 9.91. The molecule has 2 aromatic rings. The molecular weight excluding hydrogens is 244 g/mol. The monoisotopic (exact) mass is 266 g/mol. The summed E-state index contributed by atoms with van der Waals surface area (Å²) in [5, 5.41) is 9.52. The number of hydrogen-bond acceptors (Lipinski definition) is 3. The molecule has 1 aromatic heterocycles. The van der Waals surface area contributed by atoms with E-state index in [1.165, 1.54) is 13.2 Å². The number of carboxylic acids is 1. The minimum atomic E-state index is -1.08. The molecule has 0 aliphatic heterocycles. The highest BCUT2D eigenvalue weighted by Gasteiger charge is 2.13. The van der Waals surface area contributed by atoms with Crippen LogP contribution in [0.1, 0.15) is 43.8 Å². The van der Waals surface area contributed by atoms with Gasteiger partial charge in [0, 0.05) is 5.39 Å². The Bertz CT molecular complexity index is 526. The zero-order valence-electron chi connectivity index (χ0n) is 12.4. The molecule has 0 aliphatic rings. The van der Waals surface area contributed by atoms with Crippen molar-refractivity contribution in [3.63, 3.8) is 0 Å². The number of fused-ring (bicyclic) bond motifs is 1. The zero-order valence-corrected chi connectivity index (χ0v) is 12.4. The summed E-state index contributed by atoms with van der Waals surface area (Å²) in [4.78, 5) is 10.7. The molecular formula is C15H22O4. The average Bonchev–Trinajstić information content (AvgIpc) is 2.86. The van der Waals surface area contributed by atoms with E-state index in [4.69, 9.17) is 14.3 Å². The molecule has 0 atom stereocenters. The van der Waals surface area contributed by atoms with Gasteiger partial charge >= 0.3 is 5.97 Å². The molecule has 0 spiro atoms. The van der Waals surface area contributed by atoms with Crippen molar-refractivity contribution in [1.29, 1.82) is 0 Å². The van der Waals surface area contributed by atoms with Crippen LogP contribution in [0.2, 0.25) is 0 Å². The first kappa shape index (κ1) is 17.0. The molecule has 0 saturated carbocycles. The van der Waals surface area contributed by atoms with Crippen molar-refractivity contribution in [2.75, 3.05) is 7.11 Å². The van der Waals surface area contributed by atoms with E-state index < -0.39 is 5.97 Å². The van der Waals surface area contributed by atoms with Crippen molar-refractivity contribution in [3.05, 3.63) is 29.5 Å². The van der Waals surface area contributed by atoms with Crippen LogP contribution in [0.25, 0.3) is 11.0 Å². The molecule has 1 aromatic carbocycles. The first-order valence-electron chi connectivity index (χ1n) is 6.43. The predicted octanol–water partition coefficient (Wildman–Crippen LogP) is 4.50. The van der Waals surface area contributed by atoms with Gasteiger partial charge < -0.3 is 14.3 Å². The quantitative estimate of drug-likeness (QED) is 0.869. The van der Waals surface area contributed by atoms with Crippen LogP contribution in [0.5, 0.6) is 5.75 Å². The van der Waals surface area contributed by atoms with Gasteiger partial charge in [0.1, 0.15) is 0 Å². The van der Waals surface area contributed by atoms with Crippen molar-refractivity contribution in [2.45, 2.75) is 34.6 Å². The van der Waals surface area contributed by atoms with E-state index in [1.807, 2.05) is 40.7 Å². The van der Waals surface area contributed by atoms with Crippen molar-refractivity contribution >= 4 is 16.9 Å². The second-order valence-corrected chi connectivity index (χ2v) is 3.30. The number of hydrogen-bond donors (Lipinski definition) is 1. The largest absolute Gasteiger partial charge is 0.493 e. The minimum Gasteiger partial charge on any atom is -0.493 e. The van der Waals surface area contributed by atoms with Crippen molar-refractivity contribution in [2.24, 2.45) is 0 Å². The normalized spacial score (nSPS) is 8.95. The standard InChI is InChI=1S/C11H10O4.2C2H6/c1-6-3-7-5-9(11(12)13)15-10(7)8(4-6)14-2;2*1-2/h3-5H,1-2H3,(H,12,13);2*1-2H3. The van der Waals surface area contributed by atoms with Crippen LogP contribution in [-0.2, 0) is 0 Å². The molecule has 2 rings (SSSR count). The average molecular weight is 266 g/mol. The van der Waals surface area contributed by atoms with Gasteiger partial charge in [0.05, 0.1) is 7.11 Å². The summed E-state index contributed by atoms with van der Waals surface area (Å²) >= 11 is 0. The van der Waals surface area contributed by atoms with Crippen LogP contribution in [0, 0.1) is 6.92 Å². The second kappa shape index (κ2) is 8.19. The van der Waals surface area contributed by atoms with Gasteiger partial charge in [0.15, 0.2) is 11.3 Å². The summed E-state index contributed by atoms with van der Waals surface area (Å²) in [6.07, 6.45) is 0. The summed E-state index contributed by atoms with van der Waals surface area (Å²) in [7, 11) is 1.52. The number of furan rings is 1. The molecule has 1 heterocycles. The van der Waals surface area contributed by atoms with Gasteiger partial charge in [-0.1, -0.05) is 27.7 Å². The lowest BCUT2D eigenvalue weighted by atomic mass is 10.1. The first-order chi connectivity index (χ1) is 9.11.